The molecule has 3 nitrogen and oxygen atoms in total. The zero-order valence-corrected chi connectivity index (χ0v) is 13.0. The third kappa shape index (κ3) is 2.73. The number of hydrogen-bond donors (Lipinski definition) is 0. The zero-order valence-electron chi connectivity index (χ0n) is 13.0. The lowest BCUT2D eigenvalue weighted by atomic mass is 9.91. The van der Waals surface area contributed by atoms with Crippen LogP contribution in [0.15, 0.2) is 36.5 Å². The molecule has 0 bridgehead atoms. The monoisotopic (exact) mass is 282 g/mol. The fourth-order valence-corrected chi connectivity index (χ4v) is 2.88. The van der Waals surface area contributed by atoms with Gasteiger partial charge in [0, 0.05) is 25.0 Å². The largest absolute Gasteiger partial charge is 0.493 e. The zero-order chi connectivity index (χ0) is 14.8. The molecule has 0 radical (unpaired) electrons. The van der Waals surface area contributed by atoms with Crippen molar-refractivity contribution in [3.8, 4) is 5.75 Å². The smallest absolute Gasteiger partial charge is 0.132 e. The van der Waals surface area contributed by atoms with Crippen molar-refractivity contribution in [3.05, 3.63) is 47.7 Å². The van der Waals surface area contributed by atoms with Gasteiger partial charge in [0.2, 0.25) is 0 Å². The van der Waals surface area contributed by atoms with E-state index in [1.54, 1.807) is 0 Å². The summed E-state index contributed by atoms with van der Waals surface area (Å²) in [6, 6.07) is 10.6. The Morgan fingerprint density at radius 3 is 2.86 bits per heavy atom. The maximum Gasteiger partial charge on any atom is 0.132 e. The molecule has 0 amide bonds. The van der Waals surface area contributed by atoms with Crippen LogP contribution < -0.4 is 9.64 Å². The molecule has 0 aliphatic carbocycles. The van der Waals surface area contributed by atoms with Gasteiger partial charge in [-0.05, 0) is 48.9 Å². The van der Waals surface area contributed by atoms with Crippen molar-refractivity contribution in [2.24, 2.45) is 0 Å². The number of hydrogen-bond acceptors (Lipinski definition) is 3. The number of benzene rings is 1. The second-order valence-electron chi connectivity index (χ2n) is 5.72. The molecule has 0 N–H and O–H groups in total. The van der Waals surface area contributed by atoms with Crippen molar-refractivity contribution in [2.45, 2.75) is 32.6 Å². The molecular formula is C18H22N2O. The van der Waals surface area contributed by atoms with E-state index in [2.05, 4.69) is 48.0 Å². The molecule has 1 aromatic carbocycles. The van der Waals surface area contributed by atoms with Crippen LogP contribution in [0.25, 0.3) is 0 Å². The van der Waals surface area contributed by atoms with Crippen LogP contribution in [0.4, 0.5) is 11.5 Å². The standard InChI is InChI=1S/C18H22N2O/c1-4-14-9-10-21-17-11-15(6-7-16(14)17)20(3)18-8-5-13(2)12-19-18/h5-8,11-12,14H,4,9-10H2,1-3H3/t14-/m1/s1. The summed E-state index contributed by atoms with van der Waals surface area (Å²) in [5, 5.41) is 0. The maximum atomic E-state index is 5.85. The van der Waals surface area contributed by atoms with E-state index in [1.807, 2.05) is 19.3 Å². The highest BCUT2D eigenvalue weighted by Gasteiger charge is 2.20. The van der Waals surface area contributed by atoms with Crippen LogP contribution in [0.1, 0.15) is 36.8 Å². The molecule has 0 unspecified atom stereocenters. The van der Waals surface area contributed by atoms with Gasteiger partial charge in [0.1, 0.15) is 11.6 Å². The molecule has 1 atom stereocenters. The van der Waals surface area contributed by atoms with E-state index in [4.69, 9.17) is 4.74 Å². The highest BCUT2D eigenvalue weighted by atomic mass is 16.5. The van der Waals surface area contributed by atoms with Crippen molar-refractivity contribution in [3.63, 3.8) is 0 Å². The fourth-order valence-electron chi connectivity index (χ4n) is 2.88. The van der Waals surface area contributed by atoms with E-state index in [0.717, 1.165) is 30.3 Å². The van der Waals surface area contributed by atoms with E-state index in [1.165, 1.54) is 17.5 Å². The number of nitrogens with zero attached hydrogens (tertiary/aromatic N) is 2. The number of fused-ring (bicyclic) bond motifs is 1. The molecule has 21 heavy (non-hydrogen) atoms. The summed E-state index contributed by atoms with van der Waals surface area (Å²) in [5.41, 5.74) is 3.63. The summed E-state index contributed by atoms with van der Waals surface area (Å²) in [6.45, 7) is 5.12. The Morgan fingerprint density at radius 2 is 2.14 bits per heavy atom. The van der Waals surface area contributed by atoms with Crippen LogP contribution in [0.5, 0.6) is 5.75 Å². The average molecular weight is 282 g/mol. The lowest BCUT2D eigenvalue weighted by Crippen LogP contribution is -2.16. The van der Waals surface area contributed by atoms with Crippen molar-refractivity contribution in [2.75, 3.05) is 18.6 Å². The van der Waals surface area contributed by atoms with E-state index in [-0.39, 0.29) is 0 Å². The van der Waals surface area contributed by atoms with Gasteiger partial charge in [0.25, 0.3) is 0 Å². The Morgan fingerprint density at radius 1 is 1.29 bits per heavy atom. The van der Waals surface area contributed by atoms with E-state index >= 15 is 0 Å². The number of rotatable bonds is 3. The van der Waals surface area contributed by atoms with Gasteiger partial charge in [-0.3, -0.25) is 0 Å². The molecule has 2 aromatic rings. The molecule has 3 rings (SSSR count). The first kappa shape index (κ1) is 13.9. The lowest BCUT2D eigenvalue weighted by Gasteiger charge is -2.27. The van der Waals surface area contributed by atoms with Gasteiger partial charge in [-0.15, -0.1) is 0 Å². The van der Waals surface area contributed by atoms with Crippen LogP contribution in [0.3, 0.4) is 0 Å². The Bertz CT molecular complexity index is 622. The summed E-state index contributed by atoms with van der Waals surface area (Å²) in [6.07, 6.45) is 4.19. The highest BCUT2D eigenvalue weighted by molar-refractivity contribution is 5.62. The van der Waals surface area contributed by atoms with Crippen molar-refractivity contribution < 1.29 is 4.74 Å². The molecule has 0 saturated heterocycles. The molecule has 1 aliphatic rings. The summed E-state index contributed by atoms with van der Waals surface area (Å²) in [4.78, 5) is 6.58. The molecular weight excluding hydrogens is 260 g/mol. The Kier molecular flexibility index (Phi) is 3.82. The van der Waals surface area contributed by atoms with Gasteiger partial charge >= 0.3 is 0 Å². The van der Waals surface area contributed by atoms with E-state index in [0.29, 0.717) is 5.92 Å². The number of aryl methyl sites for hydroxylation is 1. The summed E-state index contributed by atoms with van der Waals surface area (Å²) >= 11 is 0. The molecule has 0 spiro atoms. The van der Waals surface area contributed by atoms with E-state index in [9.17, 15) is 0 Å². The third-order valence-corrected chi connectivity index (χ3v) is 4.28. The molecule has 0 saturated carbocycles. The first-order valence-electron chi connectivity index (χ1n) is 7.62. The minimum absolute atomic E-state index is 0.630. The summed E-state index contributed by atoms with van der Waals surface area (Å²) in [7, 11) is 2.04. The highest BCUT2D eigenvalue weighted by Crippen LogP contribution is 2.38. The first-order valence-corrected chi connectivity index (χ1v) is 7.62. The number of ether oxygens (including phenoxy) is 1. The van der Waals surface area contributed by atoms with Gasteiger partial charge in [-0.1, -0.05) is 19.1 Å². The molecule has 0 fully saturated rings. The third-order valence-electron chi connectivity index (χ3n) is 4.28. The van der Waals surface area contributed by atoms with Crippen molar-refractivity contribution in [1.29, 1.82) is 0 Å². The normalized spacial score (nSPS) is 17.0. The van der Waals surface area contributed by atoms with Crippen molar-refractivity contribution in [1.82, 2.24) is 4.98 Å². The van der Waals surface area contributed by atoms with Crippen LogP contribution >= 0.6 is 0 Å². The first-order chi connectivity index (χ1) is 10.2. The van der Waals surface area contributed by atoms with Gasteiger partial charge < -0.3 is 9.64 Å². The van der Waals surface area contributed by atoms with Gasteiger partial charge in [0.05, 0.1) is 6.61 Å². The quantitative estimate of drug-likeness (QED) is 0.832. The maximum absolute atomic E-state index is 5.85. The molecule has 110 valence electrons. The lowest BCUT2D eigenvalue weighted by molar-refractivity contribution is 0.265. The number of aromatic nitrogens is 1. The second-order valence-corrected chi connectivity index (χ2v) is 5.72. The predicted octanol–water partition coefficient (Wildman–Crippen LogP) is 4.43. The van der Waals surface area contributed by atoms with Crippen LogP contribution in [0.2, 0.25) is 0 Å². The van der Waals surface area contributed by atoms with Crippen LogP contribution in [-0.2, 0) is 0 Å². The predicted molar refractivity (Wildman–Crippen MR) is 86.6 cm³/mol. The van der Waals surface area contributed by atoms with Gasteiger partial charge in [0.15, 0.2) is 0 Å². The molecule has 3 heteroatoms. The molecule has 1 aliphatic heterocycles. The fraction of sp³-hybridized carbons (Fsp3) is 0.389. The number of anilines is 2. The van der Waals surface area contributed by atoms with Crippen LogP contribution in [0, 0.1) is 6.92 Å². The SMILES string of the molecule is CC[C@@H]1CCOc2cc(N(C)c3ccc(C)cn3)ccc21. The summed E-state index contributed by atoms with van der Waals surface area (Å²) in [5.74, 6) is 2.61. The minimum atomic E-state index is 0.630. The Hall–Kier alpha value is -2.03. The van der Waals surface area contributed by atoms with Gasteiger partial charge in [-0.2, -0.15) is 0 Å². The molecule has 1 aromatic heterocycles. The average Bonchev–Trinajstić information content (AvgIpc) is 2.53. The molecule has 2 heterocycles. The van der Waals surface area contributed by atoms with Crippen molar-refractivity contribution >= 4 is 11.5 Å². The van der Waals surface area contributed by atoms with Crippen LogP contribution in [-0.4, -0.2) is 18.6 Å². The number of pyridine rings is 1. The summed E-state index contributed by atoms with van der Waals surface area (Å²) < 4.78 is 5.85. The topological polar surface area (TPSA) is 25.4 Å². The second kappa shape index (κ2) is 5.76. The Balaban J connectivity index is 1.91. The van der Waals surface area contributed by atoms with Gasteiger partial charge in [-0.25, -0.2) is 4.98 Å². The minimum Gasteiger partial charge on any atom is -0.493 e. The van der Waals surface area contributed by atoms with E-state index < -0.39 is 0 Å². The Labute approximate surface area is 126 Å².